The highest BCUT2D eigenvalue weighted by Crippen LogP contribution is 2.25. The highest BCUT2D eigenvalue weighted by molar-refractivity contribution is 5.92. The van der Waals surface area contributed by atoms with Gasteiger partial charge in [-0.25, -0.2) is 0 Å². The normalized spacial score (nSPS) is 16.4. The van der Waals surface area contributed by atoms with Gasteiger partial charge in [-0.2, -0.15) is 0 Å². The SMILES string of the molecule is Cc1cccc(=O)n1CCC(=O)Nc1ccccc1OCC1CCCO1. The number of hydrogen-bond acceptors (Lipinski definition) is 4. The summed E-state index contributed by atoms with van der Waals surface area (Å²) in [7, 11) is 0. The monoisotopic (exact) mass is 356 g/mol. The number of nitrogens with zero attached hydrogens (tertiary/aromatic N) is 1. The van der Waals surface area contributed by atoms with Crippen molar-refractivity contribution in [3.05, 3.63) is 58.5 Å². The van der Waals surface area contributed by atoms with Crippen LogP contribution in [0.3, 0.4) is 0 Å². The number of carbonyl (C=O) groups excluding carboxylic acids is 1. The molecule has 6 nitrogen and oxygen atoms in total. The molecule has 0 radical (unpaired) electrons. The van der Waals surface area contributed by atoms with Crippen LogP contribution in [0, 0.1) is 6.92 Å². The minimum atomic E-state index is -0.159. The molecule has 1 N–H and O–H groups in total. The van der Waals surface area contributed by atoms with E-state index in [0.717, 1.165) is 25.1 Å². The number of para-hydroxylation sites is 2. The van der Waals surface area contributed by atoms with Crippen molar-refractivity contribution in [2.24, 2.45) is 0 Å². The predicted molar refractivity (Wildman–Crippen MR) is 99.6 cm³/mol. The molecule has 1 atom stereocenters. The minimum absolute atomic E-state index is 0.0990. The third-order valence-corrected chi connectivity index (χ3v) is 4.44. The van der Waals surface area contributed by atoms with E-state index >= 15 is 0 Å². The minimum Gasteiger partial charge on any atom is -0.489 e. The van der Waals surface area contributed by atoms with Gasteiger partial charge in [0.25, 0.3) is 5.56 Å². The van der Waals surface area contributed by atoms with E-state index < -0.39 is 0 Å². The van der Waals surface area contributed by atoms with Crippen LogP contribution < -0.4 is 15.6 Å². The molecule has 0 aliphatic carbocycles. The van der Waals surface area contributed by atoms with Gasteiger partial charge in [-0.3, -0.25) is 9.59 Å². The number of aryl methyl sites for hydroxylation is 1. The van der Waals surface area contributed by atoms with E-state index in [2.05, 4.69) is 5.32 Å². The van der Waals surface area contributed by atoms with E-state index in [1.54, 1.807) is 10.6 Å². The van der Waals surface area contributed by atoms with Gasteiger partial charge in [-0.05, 0) is 38.0 Å². The van der Waals surface area contributed by atoms with Crippen molar-refractivity contribution in [1.82, 2.24) is 4.57 Å². The quantitative estimate of drug-likeness (QED) is 0.828. The zero-order valence-electron chi connectivity index (χ0n) is 14.9. The molecule has 1 amide bonds. The first kappa shape index (κ1) is 18.2. The van der Waals surface area contributed by atoms with Crippen LogP contribution in [0.15, 0.2) is 47.3 Å². The standard InChI is InChI=1S/C20H24N2O4/c1-15-6-4-10-20(24)22(15)12-11-19(23)21-17-8-2-3-9-18(17)26-14-16-7-5-13-25-16/h2-4,6,8-10,16H,5,7,11-14H2,1H3,(H,21,23). The van der Waals surface area contributed by atoms with Crippen LogP contribution in [0.1, 0.15) is 25.0 Å². The van der Waals surface area contributed by atoms with Crippen LogP contribution in [-0.2, 0) is 16.1 Å². The molecular weight excluding hydrogens is 332 g/mol. The number of ether oxygens (including phenoxy) is 2. The molecule has 0 spiro atoms. The van der Waals surface area contributed by atoms with Crippen molar-refractivity contribution in [2.75, 3.05) is 18.5 Å². The number of aromatic nitrogens is 1. The van der Waals surface area contributed by atoms with E-state index in [1.165, 1.54) is 6.07 Å². The number of hydrogen-bond donors (Lipinski definition) is 1. The fraction of sp³-hybridized carbons (Fsp3) is 0.400. The predicted octanol–water partition coefficient (Wildman–Crippen LogP) is 2.74. The Hall–Kier alpha value is -2.60. The molecular formula is C20H24N2O4. The lowest BCUT2D eigenvalue weighted by atomic mass is 10.2. The molecule has 2 aromatic rings. The average molecular weight is 356 g/mol. The first-order chi connectivity index (χ1) is 12.6. The Morgan fingerprint density at radius 2 is 2.12 bits per heavy atom. The van der Waals surface area contributed by atoms with Crippen LogP contribution in [-0.4, -0.2) is 29.8 Å². The third-order valence-electron chi connectivity index (χ3n) is 4.44. The highest BCUT2D eigenvalue weighted by atomic mass is 16.5. The molecule has 1 aliphatic heterocycles. The fourth-order valence-electron chi connectivity index (χ4n) is 2.99. The van der Waals surface area contributed by atoms with Gasteiger partial charge >= 0.3 is 0 Å². The summed E-state index contributed by atoms with van der Waals surface area (Å²) in [5.74, 6) is 0.470. The summed E-state index contributed by atoms with van der Waals surface area (Å²) in [6, 6.07) is 12.4. The summed E-state index contributed by atoms with van der Waals surface area (Å²) in [6.45, 7) is 3.46. The first-order valence-corrected chi connectivity index (χ1v) is 8.93. The van der Waals surface area contributed by atoms with Crippen LogP contribution in [0.4, 0.5) is 5.69 Å². The number of nitrogens with one attached hydrogen (secondary N) is 1. The van der Waals surface area contributed by atoms with Crippen molar-refractivity contribution in [2.45, 2.75) is 38.8 Å². The van der Waals surface area contributed by atoms with Crippen LogP contribution in [0.25, 0.3) is 0 Å². The number of rotatable bonds is 7. The van der Waals surface area contributed by atoms with Gasteiger partial charge in [0.05, 0.1) is 11.8 Å². The Bertz CT molecular complexity index is 809. The molecule has 1 fully saturated rings. The Morgan fingerprint density at radius 1 is 1.27 bits per heavy atom. The highest BCUT2D eigenvalue weighted by Gasteiger charge is 2.17. The zero-order chi connectivity index (χ0) is 18.4. The summed E-state index contributed by atoms with van der Waals surface area (Å²) in [4.78, 5) is 24.2. The molecule has 3 rings (SSSR count). The summed E-state index contributed by atoms with van der Waals surface area (Å²) in [6.07, 6.45) is 2.39. The number of anilines is 1. The van der Waals surface area contributed by atoms with Crippen molar-refractivity contribution in [3.8, 4) is 5.75 Å². The van der Waals surface area contributed by atoms with Crippen LogP contribution in [0.2, 0.25) is 0 Å². The van der Waals surface area contributed by atoms with E-state index in [1.807, 2.05) is 37.3 Å². The van der Waals surface area contributed by atoms with E-state index in [9.17, 15) is 9.59 Å². The molecule has 1 aromatic heterocycles. The Balaban J connectivity index is 1.57. The largest absolute Gasteiger partial charge is 0.489 e. The molecule has 1 unspecified atom stereocenters. The van der Waals surface area contributed by atoms with Crippen molar-refractivity contribution in [3.63, 3.8) is 0 Å². The molecule has 1 saturated heterocycles. The van der Waals surface area contributed by atoms with Gasteiger partial charge in [-0.1, -0.05) is 18.2 Å². The van der Waals surface area contributed by atoms with Gasteiger partial charge in [0.2, 0.25) is 5.91 Å². The van der Waals surface area contributed by atoms with Gasteiger partial charge in [-0.15, -0.1) is 0 Å². The van der Waals surface area contributed by atoms with E-state index in [4.69, 9.17) is 9.47 Å². The molecule has 26 heavy (non-hydrogen) atoms. The molecule has 1 aliphatic rings. The molecule has 0 saturated carbocycles. The maximum Gasteiger partial charge on any atom is 0.250 e. The number of benzene rings is 1. The Kier molecular flexibility index (Phi) is 6.07. The second-order valence-corrected chi connectivity index (χ2v) is 6.40. The second kappa shape index (κ2) is 8.67. The maximum atomic E-state index is 12.3. The lowest BCUT2D eigenvalue weighted by Gasteiger charge is -2.15. The average Bonchev–Trinajstić information content (AvgIpc) is 3.14. The zero-order valence-corrected chi connectivity index (χ0v) is 14.9. The second-order valence-electron chi connectivity index (χ2n) is 6.40. The third kappa shape index (κ3) is 4.73. The van der Waals surface area contributed by atoms with Gasteiger partial charge < -0.3 is 19.4 Å². The fourth-order valence-corrected chi connectivity index (χ4v) is 2.99. The van der Waals surface area contributed by atoms with E-state index in [-0.39, 0.29) is 24.0 Å². The lowest BCUT2D eigenvalue weighted by Crippen LogP contribution is -2.24. The van der Waals surface area contributed by atoms with E-state index in [0.29, 0.717) is 24.6 Å². The Morgan fingerprint density at radius 3 is 2.88 bits per heavy atom. The van der Waals surface area contributed by atoms with Crippen molar-refractivity contribution < 1.29 is 14.3 Å². The molecule has 0 bridgehead atoms. The van der Waals surface area contributed by atoms with Crippen molar-refractivity contribution >= 4 is 11.6 Å². The number of amides is 1. The van der Waals surface area contributed by atoms with Gasteiger partial charge in [0, 0.05) is 31.3 Å². The summed E-state index contributed by atoms with van der Waals surface area (Å²) < 4.78 is 13.0. The smallest absolute Gasteiger partial charge is 0.250 e. The summed E-state index contributed by atoms with van der Waals surface area (Å²) in [5.41, 5.74) is 1.37. The van der Waals surface area contributed by atoms with Gasteiger partial charge in [0.15, 0.2) is 0 Å². The lowest BCUT2D eigenvalue weighted by molar-refractivity contribution is -0.116. The molecule has 6 heteroatoms. The number of pyridine rings is 1. The topological polar surface area (TPSA) is 69.6 Å². The molecule has 1 aromatic carbocycles. The van der Waals surface area contributed by atoms with Crippen molar-refractivity contribution in [1.29, 1.82) is 0 Å². The Labute approximate surface area is 152 Å². The van der Waals surface area contributed by atoms with Crippen LogP contribution in [0.5, 0.6) is 5.75 Å². The molecule has 2 heterocycles. The van der Waals surface area contributed by atoms with Crippen LogP contribution >= 0.6 is 0 Å². The first-order valence-electron chi connectivity index (χ1n) is 8.93. The summed E-state index contributed by atoms with van der Waals surface area (Å²) in [5, 5.41) is 2.87. The van der Waals surface area contributed by atoms with Gasteiger partial charge in [0.1, 0.15) is 12.4 Å². The summed E-state index contributed by atoms with van der Waals surface area (Å²) >= 11 is 0. The maximum absolute atomic E-state index is 12.3. The number of carbonyl (C=O) groups is 1. The molecule has 138 valence electrons.